The summed E-state index contributed by atoms with van der Waals surface area (Å²) in [7, 11) is 0. The maximum absolute atomic E-state index is 15.1. The standard InChI is InChI=1S/C27H19F2N5O3/c28-17-4-6-18(7-5-17)33-27(36)24(25(30)35)15-3-8-23(20(29)12-15)37-22-9-11-32-26-19(22)13-21(34-26)16-2-1-10-31-14-16/h1-14,24H,(H2,30,35)(H,32,34)(H,33,36). The Balaban J connectivity index is 1.40. The van der Waals surface area contributed by atoms with Gasteiger partial charge in [-0.05, 0) is 66.2 Å². The topological polar surface area (TPSA) is 123 Å². The second-order valence-electron chi connectivity index (χ2n) is 8.12. The first kappa shape index (κ1) is 23.6. The molecule has 0 aliphatic rings. The molecule has 1 unspecified atom stereocenters. The Labute approximate surface area is 209 Å². The van der Waals surface area contributed by atoms with E-state index in [4.69, 9.17) is 10.5 Å². The number of aromatic nitrogens is 3. The van der Waals surface area contributed by atoms with Crippen molar-refractivity contribution in [3.63, 3.8) is 0 Å². The van der Waals surface area contributed by atoms with Crippen LogP contribution in [0.25, 0.3) is 22.3 Å². The summed E-state index contributed by atoms with van der Waals surface area (Å²) >= 11 is 0. The highest BCUT2D eigenvalue weighted by molar-refractivity contribution is 6.10. The minimum atomic E-state index is -1.48. The van der Waals surface area contributed by atoms with Gasteiger partial charge in [-0.15, -0.1) is 0 Å². The number of rotatable bonds is 7. The van der Waals surface area contributed by atoms with Gasteiger partial charge in [0.1, 0.15) is 23.1 Å². The van der Waals surface area contributed by atoms with Crippen LogP contribution in [0.5, 0.6) is 11.5 Å². The van der Waals surface area contributed by atoms with Gasteiger partial charge in [-0.1, -0.05) is 6.07 Å². The van der Waals surface area contributed by atoms with Crippen molar-refractivity contribution in [2.75, 3.05) is 5.32 Å². The number of pyridine rings is 2. The largest absolute Gasteiger partial charge is 0.453 e. The molecule has 0 bridgehead atoms. The molecule has 8 nitrogen and oxygen atoms in total. The number of hydrogen-bond donors (Lipinski definition) is 3. The number of anilines is 1. The molecule has 3 heterocycles. The van der Waals surface area contributed by atoms with E-state index in [-0.39, 0.29) is 17.0 Å². The minimum absolute atomic E-state index is 0.0392. The van der Waals surface area contributed by atoms with E-state index in [1.165, 1.54) is 30.5 Å². The number of nitrogens with two attached hydrogens (primary N) is 1. The predicted octanol–water partition coefficient (Wildman–Crippen LogP) is 4.90. The molecule has 5 aromatic rings. The second-order valence-corrected chi connectivity index (χ2v) is 8.12. The average Bonchev–Trinajstić information content (AvgIpc) is 3.33. The van der Waals surface area contributed by atoms with Crippen LogP contribution in [0.3, 0.4) is 0 Å². The number of carbonyl (C=O) groups is 2. The summed E-state index contributed by atoms with van der Waals surface area (Å²) in [6.07, 6.45) is 4.89. The van der Waals surface area contributed by atoms with Crippen LogP contribution in [-0.2, 0) is 9.59 Å². The van der Waals surface area contributed by atoms with Crippen LogP contribution in [0.1, 0.15) is 11.5 Å². The first-order valence-electron chi connectivity index (χ1n) is 11.1. The molecule has 3 aromatic heterocycles. The Hall–Kier alpha value is -5.12. The van der Waals surface area contributed by atoms with Crippen LogP contribution in [0, 0.1) is 11.6 Å². The fraction of sp³-hybridized carbons (Fsp3) is 0.0370. The third-order valence-electron chi connectivity index (χ3n) is 5.63. The lowest BCUT2D eigenvalue weighted by Crippen LogP contribution is -2.32. The van der Waals surface area contributed by atoms with Gasteiger partial charge in [0.25, 0.3) is 0 Å². The van der Waals surface area contributed by atoms with Crippen molar-refractivity contribution in [2.45, 2.75) is 5.92 Å². The van der Waals surface area contributed by atoms with Gasteiger partial charge in [0, 0.05) is 35.5 Å². The highest BCUT2D eigenvalue weighted by atomic mass is 19.1. The Kier molecular flexibility index (Phi) is 6.29. The van der Waals surface area contributed by atoms with Gasteiger partial charge in [0.05, 0.1) is 5.39 Å². The molecule has 2 amide bonds. The Morgan fingerprint density at radius 1 is 0.973 bits per heavy atom. The van der Waals surface area contributed by atoms with E-state index in [1.54, 1.807) is 18.5 Å². The first-order valence-corrected chi connectivity index (χ1v) is 11.1. The lowest BCUT2D eigenvalue weighted by molar-refractivity contribution is -0.127. The summed E-state index contributed by atoms with van der Waals surface area (Å²) in [5, 5.41) is 3.11. The number of nitrogens with one attached hydrogen (secondary N) is 2. The molecule has 0 aliphatic heterocycles. The molecular formula is C27H19F2N5O3. The summed E-state index contributed by atoms with van der Waals surface area (Å²) in [5.41, 5.74) is 7.89. The van der Waals surface area contributed by atoms with Crippen molar-refractivity contribution >= 4 is 28.5 Å². The van der Waals surface area contributed by atoms with Crippen LogP contribution in [-0.4, -0.2) is 26.8 Å². The number of primary amides is 1. The zero-order valence-corrected chi connectivity index (χ0v) is 19.1. The normalized spacial score (nSPS) is 11.7. The van der Waals surface area contributed by atoms with Crippen molar-refractivity contribution in [3.05, 3.63) is 103 Å². The van der Waals surface area contributed by atoms with E-state index in [2.05, 4.69) is 20.3 Å². The first-order chi connectivity index (χ1) is 17.9. The summed E-state index contributed by atoms with van der Waals surface area (Å²) in [4.78, 5) is 36.4. The predicted molar refractivity (Wildman–Crippen MR) is 133 cm³/mol. The molecule has 5 rings (SSSR count). The number of ether oxygens (including phenoxy) is 1. The van der Waals surface area contributed by atoms with Gasteiger partial charge in [-0.2, -0.15) is 0 Å². The number of carbonyl (C=O) groups excluding carboxylic acids is 2. The number of hydrogen-bond acceptors (Lipinski definition) is 5. The number of aromatic amines is 1. The fourth-order valence-corrected chi connectivity index (χ4v) is 3.86. The Morgan fingerprint density at radius 2 is 1.78 bits per heavy atom. The molecule has 0 saturated carbocycles. The third kappa shape index (κ3) is 4.98. The van der Waals surface area contributed by atoms with Crippen LogP contribution in [0.2, 0.25) is 0 Å². The number of halogens is 2. The van der Waals surface area contributed by atoms with Crippen LogP contribution in [0.15, 0.2) is 85.3 Å². The van der Waals surface area contributed by atoms with Crippen LogP contribution < -0.4 is 15.8 Å². The average molecular weight is 499 g/mol. The molecule has 0 aliphatic carbocycles. The quantitative estimate of drug-likeness (QED) is 0.275. The van der Waals surface area contributed by atoms with Crippen LogP contribution >= 0.6 is 0 Å². The van der Waals surface area contributed by atoms with E-state index in [1.807, 2.05) is 18.2 Å². The van der Waals surface area contributed by atoms with E-state index < -0.39 is 29.4 Å². The molecule has 37 heavy (non-hydrogen) atoms. The van der Waals surface area contributed by atoms with Gasteiger partial charge in [-0.25, -0.2) is 13.8 Å². The number of H-pyrrole nitrogens is 1. The van der Waals surface area contributed by atoms with Crippen molar-refractivity contribution in [2.24, 2.45) is 5.73 Å². The summed E-state index contributed by atoms with van der Waals surface area (Å²) < 4.78 is 34.0. The summed E-state index contributed by atoms with van der Waals surface area (Å²) in [6.45, 7) is 0. The van der Waals surface area contributed by atoms with E-state index in [9.17, 15) is 14.0 Å². The van der Waals surface area contributed by atoms with E-state index in [0.29, 0.717) is 16.8 Å². The lowest BCUT2D eigenvalue weighted by Gasteiger charge is -2.15. The zero-order valence-electron chi connectivity index (χ0n) is 19.1. The number of benzene rings is 2. The smallest absolute Gasteiger partial charge is 0.241 e. The molecule has 0 fully saturated rings. The maximum Gasteiger partial charge on any atom is 0.241 e. The molecule has 184 valence electrons. The number of nitrogens with zero attached hydrogens (tertiary/aromatic N) is 2. The molecule has 4 N–H and O–H groups in total. The van der Waals surface area contributed by atoms with Gasteiger partial charge < -0.3 is 20.8 Å². The van der Waals surface area contributed by atoms with E-state index >= 15 is 4.39 Å². The monoisotopic (exact) mass is 499 g/mol. The van der Waals surface area contributed by atoms with Crippen molar-refractivity contribution in [1.29, 1.82) is 0 Å². The fourth-order valence-electron chi connectivity index (χ4n) is 3.86. The minimum Gasteiger partial charge on any atom is -0.453 e. The number of amides is 2. The molecule has 0 radical (unpaired) electrons. The molecule has 10 heteroatoms. The Bertz CT molecular complexity index is 1600. The van der Waals surface area contributed by atoms with Gasteiger partial charge in [-0.3, -0.25) is 14.6 Å². The van der Waals surface area contributed by atoms with Gasteiger partial charge in [0.15, 0.2) is 11.6 Å². The second kappa shape index (κ2) is 9.86. The van der Waals surface area contributed by atoms with Crippen molar-refractivity contribution in [3.8, 4) is 22.8 Å². The highest BCUT2D eigenvalue weighted by Gasteiger charge is 2.28. The van der Waals surface area contributed by atoms with Crippen LogP contribution in [0.4, 0.5) is 14.5 Å². The molecule has 0 saturated heterocycles. The van der Waals surface area contributed by atoms with Gasteiger partial charge in [0.2, 0.25) is 11.8 Å². The molecule has 1 atom stereocenters. The van der Waals surface area contributed by atoms with Crippen molar-refractivity contribution < 1.29 is 23.1 Å². The summed E-state index contributed by atoms with van der Waals surface area (Å²) in [6, 6.07) is 15.8. The lowest BCUT2D eigenvalue weighted by atomic mass is 9.97. The number of fused-ring (bicyclic) bond motifs is 1. The maximum atomic E-state index is 15.1. The van der Waals surface area contributed by atoms with Crippen molar-refractivity contribution in [1.82, 2.24) is 15.0 Å². The SMILES string of the molecule is NC(=O)C(C(=O)Nc1ccc(F)cc1)c1ccc(Oc2ccnc3[nH]c(-c4cccnc4)cc23)c(F)c1. The molecular weight excluding hydrogens is 480 g/mol. The highest BCUT2D eigenvalue weighted by Crippen LogP contribution is 2.34. The van der Waals surface area contributed by atoms with E-state index in [0.717, 1.165) is 29.5 Å². The third-order valence-corrected chi connectivity index (χ3v) is 5.63. The molecule has 2 aromatic carbocycles. The summed E-state index contributed by atoms with van der Waals surface area (Å²) in [5.74, 6) is -4.29. The zero-order chi connectivity index (χ0) is 25.9. The molecule has 0 spiro atoms. The van der Waals surface area contributed by atoms with Gasteiger partial charge >= 0.3 is 0 Å². The Morgan fingerprint density at radius 3 is 2.49 bits per heavy atom.